The lowest BCUT2D eigenvalue weighted by Crippen LogP contribution is -2.29. The number of aryl methyl sites for hydroxylation is 3. The van der Waals surface area contributed by atoms with Crippen LogP contribution in [0.1, 0.15) is 28.8 Å². The summed E-state index contributed by atoms with van der Waals surface area (Å²) in [7, 11) is 0. The lowest BCUT2D eigenvalue weighted by molar-refractivity contribution is -0.116. The largest absolute Gasteiger partial charge is 0.327 e. The Bertz CT molecular complexity index is 915. The molecular weight excluding hydrogens is 314 g/mol. The van der Waals surface area contributed by atoms with E-state index in [0.717, 1.165) is 5.69 Å². The first kappa shape index (κ1) is 17.1. The summed E-state index contributed by atoms with van der Waals surface area (Å²) in [4.78, 5) is 16.7. The van der Waals surface area contributed by atoms with Crippen LogP contribution in [0, 0.1) is 20.8 Å². The van der Waals surface area contributed by atoms with Gasteiger partial charge in [0.05, 0.1) is 6.20 Å². The van der Waals surface area contributed by atoms with Crippen molar-refractivity contribution in [2.24, 2.45) is 5.73 Å². The van der Waals surface area contributed by atoms with Crippen molar-refractivity contribution in [3.63, 3.8) is 0 Å². The molecule has 6 heteroatoms. The van der Waals surface area contributed by atoms with Gasteiger partial charge in [-0.3, -0.25) is 4.79 Å². The number of nitrogens with zero attached hydrogens (tertiary/aromatic N) is 3. The number of rotatable bonds is 5. The highest BCUT2D eigenvalue weighted by Gasteiger charge is 2.14. The molecule has 0 aliphatic carbocycles. The van der Waals surface area contributed by atoms with Crippen LogP contribution in [0.15, 0.2) is 36.7 Å². The molecule has 0 fully saturated rings. The smallest absolute Gasteiger partial charge is 0.226 e. The fourth-order valence-electron chi connectivity index (χ4n) is 2.92. The SMILES string of the molecule is Cc1ccc(CC(N)CC(=O)Nc2cnn3ccc(C)nc23)c(C)c1. The standard InChI is InChI=1S/C19H23N5O/c1-12-4-5-15(13(2)8-12)9-16(20)10-18(25)23-17-11-21-24-7-6-14(3)22-19(17)24/h4-8,11,16H,9-10,20H2,1-3H3,(H,23,25). The Kier molecular flexibility index (Phi) is 4.81. The van der Waals surface area contributed by atoms with Crippen molar-refractivity contribution >= 4 is 17.2 Å². The molecule has 3 aromatic rings. The summed E-state index contributed by atoms with van der Waals surface area (Å²) in [6.45, 7) is 6.04. The summed E-state index contributed by atoms with van der Waals surface area (Å²) in [5.41, 5.74) is 11.9. The highest BCUT2D eigenvalue weighted by atomic mass is 16.1. The molecule has 0 aliphatic heterocycles. The topological polar surface area (TPSA) is 85.3 Å². The zero-order chi connectivity index (χ0) is 18.0. The van der Waals surface area contributed by atoms with Gasteiger partial charge in [0.1, 0.15) is 5.69 Å². The maximum atomic E-state index is 12.3. The van der Waals surface area contributed by atoms with E-state index in [0.29, 0.717) is 17.8 Å². The minimum Gasteiger partial charge on any atom is -0.327 e. The minimum atomic E-state index is -0.238. The van der Waals surface area contributed by atoms with Gasteiger partial charge in [-0.2, -0.15) is 5.10 Å². The van der Waals surface area contributed by atoms with E-state index in [-0.39, 0.29) is 18.4 Å². The van der Waals surface area contributed by atoms with Gasteiger partial charge in [-0.1, -0.05) is 23.8 Å². The normalized spacial score (nSPS) is 12.3. The van der Waals surface area contributed by atoms with Gasteiger partial charge in [0.2, 0.25) is 5.91 Å². The molecule has 0 saturated carbocycles. The third kappa shape index (κ3) is 4.03. The molecule has 3 N–H and O–H groups in total. The number of benzene rings is 1. The maximum Gasteiger partial charge on any atom is 0.226 e. The molecule has 0 saturated heterocycles. The van der Waals surface area contributed by atoms with E-state index in [2.05, 4.69) is 47.4 Å². The van der Waals surface area contributed by atoms with Gasteiger partial charge in [-0.25, -0.2) is 9.50 Å². The third-order valence-electron chi connectivity index (χ3n) is 4.21. The quantitative estimate of drug-likeness (QED) is 0.749. The molecule has 6 nitrogen and oxygen atoms in total. The molecule has 1 unspecified atom stereocenters. The highest BCUT2D eigenvalue weighted by molar-refractivity contribution is 5.94. The molecule has 2 heterocycles. The second kappa shape index (κ2) is 7.03. The number of nitrogens with one attached hydrogen (secondary N) is 1. The van der Waals surface area contributed by atoms with Crippen LogP contribution in [-0.2, 0) is 11.2 Å². The van der Waals surface area contributed by atoms with Crippen molar-refractivity contribution in [3.05, 3.63) is 59.0 Å². The number of aromatic nitrogens is 3. The number of carbonyl (C=O) groups is 1. The van der Waals surface area contributed by atoms with E-state index >= 15 is 0 Å². The molecule has 0 radical (unpaired) electrons. The predicted octanol–water partition coefficient (Wildman–Crippen LogP) is 2.55. The van der Waals surface area contributed by atoms with E-state index in [9.17, 15) is 4.79 Å². The van der Waals surface area contributed by atoms with Crippen LogP contribution >= 0.6 is 0 Å². The van der Waals surface area contributed by atoms with Crippen molar-refractivity contribution < 1.29 is 4.79 Å². The molecule has 0 spiro atoms. The van der Waals surface area contributed by atoms with Crippen molar-refractivity contribution in [2.45, 2.75) is 39.7 Å². The highest BCUT2D eigenvalue weighted by Crippen LogP contribution is 2.16. The van der Waals surface area contributed by atoms with Crippen LogP contribution in [0.4, 0.5) is 5.69 Å². The maximum absolute atomic E-state index is 12.3. The van der Waals surface area contributed by atoms with E-state index in [4.69, 9.17) is 5.73 Å². The van der Waals surface area contributed by atoms with Crippen LogP contribution in [0.25, 0.3) is 5.65 Å². The monoisotopic (exact) mass is 337 g/mol. The Morgan fingerprint density at radius 2 is 2.08 bits per heavy atom. The average Bonchev–Trinajstić information content (AvgIpc) is 2.92. The van der Waals surface area contributed by atoms with Crippen molar-refractivity contribution in [1.82, 2.24) is 14.6 Å². The second-order valence-corrected chi connectivity index (χ2v) is 6.54. The van der Waals surface area contributed by atoms with Crippen LogP contribution in [0.2, 0.25) is 0 Å². The molecule has 2 aromatic heterocycles. The lowest BCUT2D eigenvalue weighted by atomic mass is 9.98. The number of amides is 1. The average molecular weight is 337 g/mol. The van der Waals surface area contributed by atoms with Crippen molar-refractivity contribution in [3.8, 4) is 0 Å². The number of nitrogens with two attached hydrogens (primary N) is 1. The van der Waals surface area contributed by atoms with Crippen molar-refractivity contribution in [1.29, 1.82) is 0 Å². The summed E-state index contributed by atoms with van der Waals surface area (Å²) < 4.78 is 1.64. The van der Waals surface area contributed by atoms with Crippen molar-refractivity contribution in [2.75, 3.05) is 5.32 Å². The molecule has 1 aromatic carbocycles. The molecule has 25 heavy (non-hydrogen) atoms. The van der Waals surface area contributed by atoms with E-state index in [1.54, 1.807) is 10.7 Å². The fraction of sp³-hybridized carbons (Fsp3) is 0.316. The number of hydrogen-bond acceptors (Lipinski definition) is 4. The van der Waals surface area contributed by atoms with E-state index < -0.39 is 0 Å². The molecule has 130 valence electrons. The van der Waals surface area contributed by atoms with Gasteiger partial charge in [-0.15, -0.1) is 0 Å². The van der Waals surface area contributed by atoms with Crippen LogP contribution in [0.5, 0.6) is 0 Å². The number of anilines is 1. The fourth-order valence-corrected chi connectivity index (χ4v) is 2.92. The predicted molar refractivity (Wildman–Crippen MR) is 98.6 cm³/mol. The number of fused-ring (bicyclic) bond motifs is 1. The first-order chi connectivity index (χ1) is 11.9. The molecule has 1 amide bonds. The lowest BCUT2D eigenvalue weighted by Gasteiger charge is -2.13. The summed E-state index contributed by atoms with van der Waals surface area (Å²) in [6.07, 6.45) is 4.34. The Hall–Kier alpha value is -2.73. The second-order valence-electron chi connectivity index (χ2n) is 6.54. The summed E-state index contributed by atoms with van der Waals surface area (Å²) in [5.74, 6) is -0.129. The minimum absolute atomic E-state index is 0.129. The number of carbonyl (C=O) groups excluding carboxylic acids is 1. The zero-order valence-corrected chi connectivity index (χ0v) is 14.8. The van der Waals surface area contributed by atoms with Gasteiger partial charge < -0.3 is 11.1 Å². The third-order valence-corrected chi connectivity index (χ3v) is 4.21. The molecular formula is C19H23N5O. The Labute approximate surface area is 147 Å². The van der Waals surface area contributed by atoms with Crippen LogP contribution < -0.4 is 11.1 Å². The molecule has 1 atom stereocenters. The van der Waals surface area contributed by atoms with Gasteiger partial charge in [0.15, 0.2) is 5.65 Å². The van der Waals surface area contributed by atoms with Gasteiger partial charge in [0.25, 0.3) is 0 Å². The summed E-state index contributed by atoms with van der Waals surface area (Å²) in [5, 5.41) is 7.06. The molecule has 0 bridgehead atoms. The van der Waals surface area contributed by atoms with Crippen LogP contribution in [0.3, 0.4) is 0 Å². The number of hydrogen-bond donors (Lipinski definition) is 2. The van der Waals surface area contributed by atoms with E-state index in [1.165, 1.54) is 16.7 Å². The van der Waals surface area contributed by atoms with Gasteiger partial charge in [0, 0.05) is 24.4 Å². The Morgan fingerprint density at radius 3 is 2.84 bits per heavy atom. The van der Waals surface area contributed by atoms with Crippen LogP contribution in [-0.4, -0.2) is 26.5 Å². The first-order valence-electron chi connectivity index (χ1n) is 8.35. The Morgan fingerprint density at radius 1 is 1.28 bits per heavy atom. The molecule has 0 aliphatic rings. The zero-order valence-electron chi connectivity index (χ0n) is 14.8. The Balaban J connectivity index is 1.64. The van der Waals surface area contributed by atoms with Gasteiger partial charge in [-0.05, 0) is 44.4 Å². The van der Waals surface area contributed by atoms with E-state index in [1.807, 2.05) is 19.2 Å². The molecule has 3 rings (SSSR count). The first-order valence-corrected chi connectivity index (χ1v) is 8.35. The van der Waals surface area contributed by atoms with Gasteiger partial charge >= 0.3 is 0 Å². The summed E-state index contributed by atoms with van der Waals surface area (Å²) in [6, 6.07) is 7.92. The summed E-state index contributed by atoms with van der Waals surface area (Å²) >= 11 is 0.